The number of hydrogen-bond donors (Lipinski definition) is 4. The summed E-state index contributed by atoms with van der Waals surface area (Å²) in [5, 5.41) is 24.7. The summed E-state index contributed by atoms with van der Waals surface area (Å²) in [5.41, 5.74) is 0.973. The minimum atomic E-state index is -1.29. The number of carbonyl (C=O) groups is 2. The summed E-state index contributed by atoms with van der Waals surface area (Å²) in [6.07, 6.45) is 3.41. The van der Waals surface area contributed by atoms with Gasteiger partial charge in [-0.1, -0.05) is 6.07 Å². The van der Waals surface area contributed by atoms with Gasteiger partial charge in [0.25, 0.3) is 0 Å². The second-order valence-electron chi connectivity index (χ2n) is 6.83. The first-order chi connectivity index (χ1) is 12.0. The summed E-state index contributed by atoms with van der Waals surface area (Å²) in [7, 11) is 0. The van der Waals surface area contributed by atoms with Crippen LogP contribution >= 0.6 is 0 Å². The van der Waals surface area contributed by atoms with Crippen LogP contribution in [0.15, 0.2) is 12.1 Å². The van der Waals surface area contributed by atoms with Crippen LogP contribution < -0.4 is 10.6 Å². The van der Waals surface area contributed by atoms with E-state index in [9.17, 15) is 14.7 Å². The van der Waals surface area contributed by atoms with Gasteiger partial charge in [0.1, 0.15) is 11.4 Å². The molecule has 0 bridgehead atoms. The summed E-state index contributed by atoms with van der Waals surface area (Å²) in [6, 6.07) is 3.89. The van der Waals surface area contributed by atoms with Crippen molar-refractivity contribution in [3.8, 4) is 0 Å². The summed E-state index contributed by atoms with van der Waals surface area (Å²) in [6.45, 7) is 1.59. The number of urea groups is 1. The number of hydrogen-bond acceptors (Lipinski definition) is 5. The fourth-order valence-electron chi connectivity index (χ4n) is 3.29. The van der Waals surface area contributed by atoms with Crippen LogP contribution in [-0.4, -0.2) is 63.9 Å². The first-order valence-electron chi connectivity index (χ1n) is 8.65. The molecule has 0 aliphatic carbocycles. The van der Waals surface area contributed by atoms with Crippen LogP contribution in [0.5, 0.6) is 0 Å². The first-order valence-corrected chi connectivity index (χ1v) is 8.65. The average molecular weight is 348 g/mol. The smallest absolute Gasteiger partial charge is 0.317 e. The molecule has 0 saturated carbocycles. The van der Waals surface area contributed by atoms with Crippen molar-refractivity contribution >= 4 is 17.8 Å². The highest BCUT2D eigenvalue weighted by Gasteiger charge is 2.45. The number of β-amino-alcohol motifs (C(OH)–C–C–N with tert-alkyl or cyclic N) is 1. The SMILES string of the molecule is O=C(O)CC1(O)CN(C(=O)NCCCc2ccc3c(n2)NCCC3)C1. The Hall–Kier alpha value is -2.35. The Morgan fingerprint density at radius 3 is 2.92 bits per heavy atom. The van der Waals surface area contributed by atoms with Gasteiger partial charge in [-0.3, -0.25) is 4.79 Å². The maximum atomic E-state index is 11.9. The number of aromatic nitrogens is 1. The number of anilines is 1. The van der Waals surface area contributed by atoms with Crippen molar-refractivity contribution in [2.24, 2.45) is 0 Å². The van der Waals surface area contributed by atoms with Crippen LogP contribution in [0.25, 0.3) is 0 Å². The Morgan fingerprint density at radius 1 is 1.36 bits per heavy atom. The molecule has 0 atom stereocenters. The zero-order valence-electron chi connectivity index (χ0n) is 14.1. The molecule has 1 fully saturated rings. The highest BCUT2D eigenvalue weighted by Crippen LogP contribution is 2.24. The Morgan fingerprint density at radius 2 is 2.16 bits per heavy atom. The molecule has 1 aromatic rings. The maximum absolute atomic E-state index is 11.9. The molecule has 3 rings (SSSR count). The number of aliphatic hydroxyl groups is 1. The van der Waals surface area contributed by atoms with Crippen LogP contribution in [-0.2, 0) is 17.6 Å². The van der Waals surface area contributed by atoms with E-state index in [-0.39, 0.29) is 25.5 Å². The van der Waals surface area contributed by atoms with Gasteiger partial charge < -0.3 is 25.7 Å². The van der Waals surface area contributed by atoms with Crippen molar-refractivity contribution in [1.82, 2.24) is 15.2 Å². The highest BCUT2D eigenvalue weighted by molar-refractivity contribution is 5.76. The molecule has 4 N–H and O–H groups in total. The predicted octanol–water partition coefficient (Wildman–Crippen LogP) is 0.603. The molecule has 8 nitrogen and oxygen atoms in total. The van der Waals surface area contributed by atoms with Gasteiger partial charge in [0, 0.05) is 18.8 Å². The van der Waals surface area contributed by atoms with Crippen molar-refractivity contribution in [1.29, 1.82) is 0 Å². The van der Waals surface area contributed by atoms with Crippen molar-refractivity contribution in [3.05, 3.63) is 23.4 Å². The Labute approximate surface area is 146 Å². The number of rotatable bonds is 6. The van der Waals surface area contributed by atoms with Crippen molar-refractivity contribution in [2.75, 3.05) is 31.5 Å². The van der Waals surface area contributed by atoms with Crippen molar-refractivity contribution in [3.63, 3.8) is 0 Å². The number of nitrogens with zero attached hydrogens (tertiary/aromatic N) is 2. The number of carboxylic acid groups (broad SMARTS) is 1. The number of aryl methyl sites for hydroxylation is 2. The van der Waals surface area contributed by atoms with Gasteiger partial charge in [-0.2, -0.15) is 0 Å². The Kier molecular flexibility index (Phi) is 5.08. The second kappa shape index (κ2) is 7.26. The zero-order valence-corrected chi connectivity index (χ0v) is 14.1. The minimum Gasteiger partial charge on any atom is -0.481 e. The summed E-state index contributed by atoms with van der Waals surface area (Å²) < 4.78 is 0. The molecule has 3 heterocycles. The molecule has 0 spiro atoms. The Bertz CT molecular complexity index is 658. The van der Waals surface area contributed by atoms with Crippen LogP contribution in [0.1, 0.15) is 30.5 Å². The van der Waals surface area contributed by atoms with Gasteiger partial charge >= 0.3 is 12.0 Å². The fourth-order valence-corrected chi connectivity index (χ4v) is 3.29. The molecule has 2 amide bonds. The van der Waals surface area contributed by atoms with Crippen molar-refractivity contribution < 1.29 is 19.8 Å². The third kappa shape index (κ3) is 4.39. The highest BCUT2D eigenvalue weighted by atomic mass is 16.4. The predicted molar refractivity (Wildman–Crippen MR) is 91.5 cm³/mol. The molecule has 8 heteroatoms. The first kappa shape index (κ1) is 17.5. The number of aliphatic carboxylic acids is 1. The van der Waals surface area contributed by atoms with E-state index in [0.29, 0.717) is 6.54 Å². The maximum Gasteiger partial charge on any atom is 0.317 e. The van der Waals surface area contributed by atoms with E-state index in [4.69, 9.17) is 5.11 Å². The summed E-state index contributed by atoms with van der Waals surface area (Å²) in [4.78, 5) is 28.6. The van der Waals surface area contributed by atoms with Crippen LogP contribution in [0.2, 0.25) is 0 Å². The van der Waals surface area contributed by atoms with Gasteiger partial charge in [0.2, 0.25) is 0 Å². The van der Waals surface area contributed by atoms with Crippen molar-refractivity contribution in [2.45, 2.75) is 37.7 Å². The molecule has 1 aromatic heterocycles. The van der Waals surface area contributed by atoms with E-state index >= 15 is 0 Å². The number of amides is 2. The van der Waals surface area contributed by atoms with E-state index in [1.165, 1.54) is 10.5 Å². The molecule has 136 valence electrons. The number of pyridine rings is 1. The molecule has 0 aromatic carbocycles. The summed E-state index contributed by atoms with van der Waals surface area (Å²) in [5.74, 6) is -0.0827. The lowest BCUT2D eigenvalue weighted by atomic mass is 9.91. The van der Waals surface area contributed by atoms with E-state index in [1.807, 2.05) is 6.07 Å². The molecule has 2 aliphatic heterocycles. The van der Waals surface area contributed by atoms with Crippen LogP contribution in [0, 0.1) is 0 Å². The normalized spacial score (nSPS) is 17.9. The molecule has 0 unspecified atom stereocenters. The lowest BCUT2D eigenvalue weighted by Crippen LogP contribution is -2.65. The standard InChI is InChI=1S/C17H24N4O4/c22-14(23)9-17(25)10-21(11-17)16(24)19-8-2-4-13-6-5-12-3-1-7-18-15(12)20-13/h5-6,25H,1-4,7-11H2,(H,18,20)(H,19,24)(H,22,23). The van der Waals surface area contributed by atoms with Gasteiger partial charge in [-0.05, 0) is 37.3 Å². The minimum absolute atomic E-state index is 0.0587. The van der Waals surface area contributed by atoms with Crippen LogP contribution in [0.4, 0.5) is 10.6 Å². The topological polar surface area (TPSA) is 115 Å². The fraction of sp³-hybridized carbons (Fsp3) is 0.588. The number of nitrogens with one attached hydrogen (secondary N) is 2. The Balaban J connectivity index is 1.36. The molecule has 0 radical (unpaired) electrons. The summed E-state index contributed by atoms with van der Waals surface area (Å²) >= 11 is 0. The number of carbonyl (C=O) groups excluding carboxylic acids is 1. The second-order valence-corrected chi connectivity index (χ2v) is 6.83. The van der Waals surface area contributed by atoms with E-state index in [2.05, 4.69) is 21.7 Å². The van der Waals surface area contributed by atoms with E-state index < -0.39 is 11.6 Å². The van der Waals surface area contributed by atoms with Gasteiger partial charge in [-0.25, -0.2) is 9.78 Å². The molecular formula is C17H24N4O4. The number of carboxylic acids is 1. The number of likely N-dealkylation sites (tertiary alicyclic amines) is 1. The zero-order chi connectivity index (χ0) is 17.9. The molecule has 1 saturated heterocycles. The third-order valence-corrected chi connectivity index (χ3v) is 4.58. The largest absolute Gasteiger partial charge is 0.481 e. The van der Waals surface area contributed by atoms with Gasteiger partial charge in [0.15, 0.2) is 0 Å². The van der Waals surface area contributed by atoms with Crippen LogP contribution in [0.3, 0.4) is 0 Å². The van der Waals surface area contributed by atoms with Gasteiger partial charge in [-0.15, -0.1) is 0 Å². The average Bonchev–Trinajstić information content (AvgIpc) is 2.55. The molecule has 2 aliphatic rings. The quantitative estimate of drug-likeness (QED) is 0.560. The number of fused-ring (bicyclic) bond motifs is 1. The third-order valence-electron chi connectivity index (χ3n) is 4.58. The lowest BCUT2D eigenvalue weighted by molar-refractivity contribution is -0.149. The lowest BCUT2D eigenvalue weighted by Gasteiger charge is -2.45. The van der Waals surface area contributed by atoms with E-state index in [1.54, 1.807) is 0 Å². The molecule has 25 heavy (non-hydrogen) atoms. The van der Waals surface area contributed by atoms with E-state index in [0.717, 1.165) is 43.7 Å². The molecular weight excluding hydrogens is 324 g/mol. The van der Waals surface area contributed by atoms with Gasteiger partial charge in [0.05, 0.1) is 19.5 Å². The monoisotopic (exact) mass is 348 g/mol.